The second-order valence-electron chi connectivity index (χ2n) is 6.06. The van der Waals surface area contributed by atoms with Crippen LogP contribution < -0.4 is 14.9 Å². The maximum absolute atomic E-state index is 12.0. The fourth-order valence-electron chi connectivity index (χ4n) is 2.45. The van der Waals surface area contributed by atoms with Gasteiger partial charge in [-0.15, -0.1) is 10.2 Å². The molecular weight excluding hydrogens is 372 g/mol. The van der Waals surface area contributed by atoms with Crippen molar-refractivity contribution in [3.63, 3.8) is 0 Å². The molecule has 0 atom stereocenters. The van der Waals surface area contributed by atoms with Crippen LogP contribution >= 0.6 is 0 Å². The van der Waals surface area contributed by atoms with Crippen molar-refractivity contribution in [1.29, 1.82) is 0 Å². The number of rotatable bonds is 9. The van der Waals surface area contributed by atoms with E-state index in [0.29, 0.717) is 23.9 Å². The van der Waals surface area contributed by atoms with Gasteiger partial charge >= 0.3 is 0 Å². The molecule has 0 radical (unpaired) electrons. The highest BCUT2D eigenvalue weighted by Crippen LogP contribution is 2.27. The van der Waals surface area contributed by atoms with Crippen molar-refractivity contribution < 1.29 is 14.3 Å². The maximum Gasteiger partial charge on any atom is 0.263 e. The highest BCUT2D eigenvalue weighted by molar-refractivity contribution is 5.83. The van der Waals surface area contributed by atoms with E-state index in [1.807, 2.05) is 49.4 Å². The number of carbonyl (C=O) groups is 1. The Morgan fingerprint density at radius 3 is 2.79 bits per heavy atom. The summed E-state index contributed by atoms with van der Waals surface area (Å²) in [7, 11) is 1.58. The SMILES string of the molecule is CCCOc1ccc(/C=N\NC(=O)Cn2nnc(-c3ccccc3)n2)cc1OC. The molecule has 1 aromatic heterocycles. The molecule has 0 aliphatic carbocycles. The molecule has 0 bridgehead atoms. The number of nitrogens with one attached hydrogen (secondary N) is 1. The summed E-state index contributed by atoms with van der Waals surface area (Å²) in [6.45, 7) is 2.56. The highest BCUT2D eigenvalue weighted by atomic mass is 16.5. The third-order valence-electron chi connectivity index (χ3n) is 3.82. The molecule has 1 amide bonds. The van der Waals surface area contributed by atoms with Gasteiger partial charge in [0.25, 0.3) is 5.91 Å². The van der Waals surface area contributed by atoms with E-state index in [-0.39, 0.29) is 12.5 Å². The Labute approximate surface area is 168 Å². The van der Waals surface area contributed by atoms with Gasteiger partial charge in [0.15, 0.2) is 11.5 Å². The summed E-state index contributed by atoms with van der Waals surface area (Å²) in [5.74, 6) is 1.36. The first-order valence-electron chi connectivity index (χ1n) is 9.15. The van der Waals surface area contributed by atoms with Crippen LogP contribution in [0.3, 0.4) is 0 Å². The molecule has 0 saturated heterocycles. The number of ether oxygens (including phenoxy) is 2. The van der Waals surface area contributed by atoms with Crippen LogP contribution in [0.2, 0.25) is 0 Å². The van der Waals surface area contributed by atoms with Gasteiger partial charge in [-0.25, -0.2) is 5.43 Å². The van der Waals surface area contributed by atoms with Crippen LogP contribution in [0.25, 0.3) is 11.4 Å². The van der Waals surface area contributed by atoms with Crippen molar-refractivity contribution >= 4 is 12.1 Å². The van der Waals surface area contributed by atoms with Crippen molar-refractivity contribution in [2.75, 3.05) is 13.7 Å². The van der Waals surface area contributed by atoms with E-state index in [4.69, 9.17) is 9.47 Å². The number of amides is 1. The molecule has 0 unspecified atom stereocenters. The van der Waals surface area contributed by atoms with Crippen LogP contribution in [0.1, 0.15) is 18.9 Å². The summed E-state index contributed by atoms with van der Waals surface area (Å²) in [5.41, 5.74) is 4.04. The summed E-state index contributed by atoms with van der Waals surface area (Å²) in [6.07, 6.45) is 2.43. The first-order chi connectivity index (χ1) is 14.2. The molecule has 0 fully saturated rings. The van der Waals surface area contributed by atoms with Gasteiger partial charge in [-0.05, 0) is 35.4 Å². The smallest absolute Gasteiger partial charge is 0.263 e. The summed E-state index contributed by atoms with van der Waals surface area (Å²) in [6, 6.07) is 14.8. The minimum Gasteiger partial charge on any atom is -0.493 e. The minimum atomic E-state index is -0.367. The molecule has 9 heteroatoms. The number of nitrogens with zero attached hydrogens (tertiary/aromatic N) is 5. The third kappa shape index (κ3) is 5.61. The monoisotopic (exact) mass is 394 g/mol. The third-order valence-corrected chi connectivity index (χ3v) is 3.82. The summed E-state index contributed by atoms with van der Waals surface area (Å²) < 4.78 is 10.9. The first-order valence-corrected chi connectivity index (χ1v) is 9.15. The predicted octanol–water partition coefficient (Wildman–Crippen LogP) is 2.29. The van der Waals surface area contributed by atoms with E-state index >= 15 is 0 Å². The number of hydrazone groups is 1. The fourth-order valence-corrected chi connectivity index (χ4v) is 2.45. The van der Waals surface area contributed by atoms with Gasteiger partial charge < -0.3 is 9.47 Å². The van der Waals surface area contributed by atoms with Crippen LogP contribution in [0.4, 0.5) is 0 Å². The van der Waals surface area contributed by atoms with Crippen LogP contribution in [0, 0.1) is 0 Å². The Balaban J connectivity index is 1.55. The van der Waals surface area contributed by atoms with Gasteiger partial charge in [0, 0.05) is 5.56 Å². The van der Waals surface area contributed by atoms with Crippen molar-refractivity contribution in [2.45, 2.75) is 19.9 Å². The van der Waals surface area contributed by atoms with Gasteiger partial charge in [0.1, 0.15) is 6.54 Å². The van der Waals surface area contributed by atoms with Gasteiger partial charge in [-0.2, -0.15) is 9.90 Å². The Morgan fingerprint density at radius 1 is 1.21 bits per heavy atom. The zero-order valence-corrected chi connectivity index (χ0v) is 16.3. The highest BCUT2D eigenvalue weighted by Gasteiger charge is 2.09. The molecule has 1 N–H and O–H groups in total. The van der Waals surface area contributed by atoms with Gasteiger partial charge in [-0.3, -0.25) is 4.79 Å². The van der Waals surface area contributed by atoms with Crippen LogP contribution in [-0.4, -0.2) is 46.0 Å². The van der Waals surface area contributed by atoms with E-state index in [1.165, 1.54) is 11.0 Å². The predicted molar refractivity (Wildman–Crippen MR) is 108 cm³/mol. The van der Waals surface area contributed by atoms with Crippen LogP contribution in [-0.2, 0) is 11.3 Å². The molecule has 1 heterocycles. The van der Waals surface area contributed by atoms with Crippen LogP contribution in [0.5, 0.6) is 11.5 Å². The lowest BCUT2D eigenvalue weighted by Gasteiger charge is -2.10. The molecule has 3 rings (SSSR count). The molecule has 9 nitrogen and oxygen atoms in total. The molecule has 3 aromatic rings. The van der Waals surface area contributed by atoms with E-state index in [1.54, 1.807) is 13.2 Å². The normalized spacial score (nSPS) is 10.8. The van der Waals surface area contributed by atoms with Crippen molar-refractivity contribution in [2.24, 2.45) is 5.10 Å². The first kappa shape index (κ1) is 20.0. The van der Waals surface area contributed by atoms with Crippen LogP contribution in [0.15, 0.2) is 53.6 Å². The molecule has 0 aliphatic rings. The summed E-state index contributed by atoms with van der Waals surface area (Å²) in [5, 5.41) is 16.0. The Bertz CT molecular complexity index is 971. The lowest BCUT2D eigenvalue weighted by Crippen LogP contribution is -2.24. The standard InChI is InChI=1S/C20H22N6O3/c1-3-11-29-17-10-9-15(12-18(17)28-2)13-21-22-19(27)14-26-24-20(23-25-26)16-7-5-4-6-8-16/h4-10,12-13H,3,11,14H2,1-2H3,(H,22,27)/b21-13-. The van der Waals surface area contributed by atoms with Crippen molar-refractivity contribution in [3.8, 4) is 22.9 Å². The lowest BCUT2D eigenvalue weighted by molar-refractivity contribution is -0.122. The molecule has 2 aromatic carbocycles. The lowest BCUT2D eigenvalue weighted by atomic mass is 10.2. The molecular formula is C20H22N6O3. The quantitative estimate of drug-likeness (QED) is 0.441. The summed E-state index contributed by atoms with van der Waals surface area (Å²) in [4.78, 5) is 13.3. The van der Waals surface area contributed by atoms with E-state index in [0.717, 1.165) is 17.5 Å². The number of benzene rings is 2. The number of hydrogen-bond acceptors (Lipinski definition) is 7. The number of aromatic nitrogens is 4. The van der Waals surface area contributed by atoms with Crippen molar-refractivity contribution in [1.82, 2.24) is 25.6 Å². The van der Waals surface area contributed by atoms with Gasteiger partial charge in [0.05, 0.1) is 19.9 Å². The van der Waals surface area contributed by atoms with E-state index in [9.17, 15) is 4.79 Å². The molecule has 0 saturated carbocycles. The van der Waals surface area contributed by atoms with Gasteiger partial charge in [0.2, 0.25) is 5.82 Å². The fraction of sp³-hybridized carbons (Fsp3) is 0.250. The average Bonchev–Trinajstić information content (AvgIpc) is 3.21. The number of carbonyl (C=O) groups excluding carboxylic acids is 1. The van der Waals surface area contributed by atoms with E-state index in [2.05, 4.69) is 25.9 Å². The number of methoxy groups -OCH3 is 1. The molecule has 29 heavy (non-hydrogen) atoms. The number of hydrogen-bond donors (Lipinski definition) is 1. The molecule has 0 spiro atoms. The second kappa shape index (κ2) is 9.98. The summed E-state index contributed by atoms with van der Waals surface area (Å²) >= 11 is 0. The van der Waals surface area contributed by atoms with E-state index < -0.39 is 0 Å². The Morgan fingerprint density at radius 2 is 2.03 bits per heavy atom. The Kier molecular flexibility index (Phi) is 6.88. The largest absolute Gasteiger partial charge is 0.493 e. The zero-order chi connectivity index (χ0) is 20.5. The average molecular weight is 394 g/mol. The Hall–Kier alpha value is -3.75. The number of tetrazole rings is 1. The molecule has 0 aliphatic heterocycles. The maximum atomic E-state index is 12.0. The molecule has 150 valence electrons. The van der Waals surface area contributed by atoms with Gasteiger partial charge in [-0.1, -0.05) is 37.3 Å². The zero-order valence-electron chi connectivity index (χ0n) is 16.3. The van der Waals surface area contributed by atoms with Crippen molar-refractivity contribution in [3.05, 3.63) is 54.1 Å². The minimum absolute atomic E-state index is 0.0930. The topological polar surface area (TPSA) is 104 Å². The second-order valence-corrected chi connectivity index (χ2v) is 6.06.